The van der Waals surface area contributed by atoms with Crippen molar-refractivity contribution >= 4 is 22.9 Å². The Morgan fingerprint density at radius 3 is 3.21 bits per heavy atom. The summed E-state index contributed by atoms with van der Waals surface area (Å²) in [5, 5.41) is 5.65. The van der Waals surface area contributed by atoms with E-state index in [4.69, 9.17) is 16.6 Å². The van der Waals surface area contributed by atoms with E-state index in [-0.39, 0.29) is 0 Å². The van der Waals surface area contributed by atoms with Gasteiger partial charge in [0.15, 0.2) is 0 Å². The van der Waals surface area contributed by atoms with Gasteiger partial charge in [0.2, 0.25) is 0 Å². The third-order valence-electron chi connectivity index (χ3n) is 4.00. The fourth-order valence-corrected chi connectivity index (χ4v) is 4.45. The molecule has 4 rings (SSSR count). The molecule has 1 N–H and O–H groups in total. The van der Waals surface area contributed by atoms with Crippen molar-refractivity contribution in [2.24, 2.45) is 0 Å². The molecule has 4 heteroatoms. The van der Waals surface area contributed by atoms with Gasteiger partial charge in [-0.25, -0.2) is 4.98 Å². The molecule has 1 aliphatic carbocycles. The van der Waals surface area contributed by atoms with E-state index in [1.54, 1.807) is 0 Å². The zero-order valence-corrected chi connectivity index (χ0v) is 12.2. The molecule has 2 nitrogen and oxygen atoms in total. The van der Waals surface area contributed by atoms with Crippen LogP contribution in [0.3, 0.4) is 0 Å². The Morgan fingerprint density at radius 2 is 2.37 bits per heavy atom. The van der Waals surface area contributed by atoms with Gasteiger partial charge in [-0.15, -0.1) is 11.3 Å². The lowest BCUT2D eigenvalue weighted by Crippen LogP contribution is -2.23. The number of hydrogen-bond acceptors (Lipinski definition) is 3. The minimum Gasteiger partial charge on any atom is -0.314 e. The second-order valence-corrected chi connectivity index (χ2v) is 6.96. The summed E-state index contributed by atoms with van der Waals surface area (Å²) in [6.07, 6.45) is 4.68. The fourth-order valence-electron chi connectivity index (χ4n) is 3.07. The largest absolute Gasteiger partial charge is 0.314 e. The summed E-state index contributed by atoms with van der Waals surface area (Å²) < 4.78 is 0. The summed E-state index contributed by atoms with van der Waals surface area (Å²) in [6.45, 7) is 1.16. The van der Waals surface area contributed by atoms with Crippen molar-refractivity contribution in [3.8, 4) is 11.3 Å². The molecule has 1 aromatic carbocycles. The highest BCUT2D eigenvalue weighted by Crippen LogP contribution is 2.40. The molecule has 1 aliphatic heterocycles. The molecule has 0 spiro atoms. The van der Waals surface area contributed by atoms with Gasteiger partial charge in [-0.05, 0) is 37.1 Å². The molecule has 0 amide bonds. The van der Waals surface area contributed by atoms with Crippen molar-refractivity contribution in [3.63, 3.8) is 0 Å². The van der Waals surface area contributed by atoms with Gasteiger partial charge in [-0.1, -0.05) is 17.7 Å². The SMILES string of the molecule is Clc1ccc2c(c1)Cc1sc(CC3CCCN3)nc1-2. The van der Waals surface area contributed by atoms with Crippen LogP contribution in [-0.4, -0.2) is 17.6 Å². The average Bonchev–Trinajstić information content (AvgIpc) is 3.05. The van der Waals surface area contributed by atoms with Crippen LogP contribution in [0.25, 0.3) is 11.3 Å². The van der Waals surface area contributed by atoms with Crippen LogP contribution in [0.4, 0.5) is 0 Å². The van der Waals surface area contributed by atoms with Gasteiger partial charge < -0.3 is 5.32 Å². The van der Waals surface area contributed by atoms with Crippen molar-refractivity contribution < 1.29 is 0 Å². The van der Waals surface area contributed by atoms with E-state index in [0.717, 1.165) is 24.4 Å². The van der Waals surface area contributed by atoms with Crippen LogP contribution >= 0.6 is 22.9 Å². The van der Waals surface area contributed by atoms with Gasteiger partial charge in [0.1, 0.15) is 0 Å². The standard InChI is InChI=1S/C15H15ClN2S/c16-10-3-4-12-9(6-10)7-13-15(12)18-14(19-13)8-11-2-1-5-17-11/h3-4,6,11,17H,1-2,5,7-8H2. The van der Waals surface area contributed by atoms with E-state index in [2.05, 4.69) is 17.4 Å². The highest BCUT2D eigenvalue weighted by atomic mass is 35.5. The van der Waals surface area contributed by atoms with Gasteiger partial charge in [0, 0.05) is 34.3 Å². The third-order valence-corrected chi connectivity index (χ3v) is 5.31. The molecule has 2 heterocycles. The van der Waals surface area contributed by atoms with Gasteiger partial charge >= 0.3 is 0 Å². The minimum atomic E-state index is 0.635. The quantitative estimate of drug-likeness (QED) is 0.779. The molecule has 1 atom stereocenters. The van der Waals surface area contributed by atoms with Crippen LogP contribution in [0.5, 0.6) is 0 Å². The zero-order chi connectivity index (χ0) is 12.8. The van der Waals surface area contributed by atoms with Crippen molar-refractivity contribution in [1.82, 2.24) is 10.3 Å². The predicted octanol–water partition coefficient (Wildman–Crippen LogP) is 3.66. The van der Waals surface area contributed by atoms with Gasteiger partial charge in [-0.3, -0.25) is 0 Å². The lowest BCUT2D eigenvalue weighted by atomic mass is 10.1. The van der Waals surface area contributed by atoms with Crippen LogP contribution in [0, 0.1) is 0 Å². The van der Waals surface area contributed by atoms with Crippen molar-refractivity contribution in [2.45, 2.75) is 31.7 Å². The van der Waals surface area contributed by atoms with Gasteiger partial charge in [-0.2, -0.15) is 0 Å². The van der Waals surface area contributed by atoms with E-state index >= 15 is 0 Å². The Morgan fingerprint density at radius 1 is 1.42 bits per heavy atom. The number of hydrogen-bond donors (Lipinski definition) is 1. The normalized spacial score (nSPS) is 20.6. The Kier molecular flexibility index (Phi) is 2.87. The molecule has 98 valence electrons. The lowest BCUT2D eigenvalue weighted by Gasteiger charge is -2.06. The molecule has 2 aromatic rings. The number of fused-ring (bicyclic) bond motifs is 3. The van der Waals surface area contributed by atoms with E-state index in [0.29, 0.717) is 6.04 Å². The van der Waals surface area contributed by atoms with Gasteiger partial charge in [0.05, 0.1) is 10.7 Å². The molecule has 1 aromatic heterocycles. The maximum Gasteiger partial charge on any atom is 0.0951 e. The van der Waals surface area contributed by atoms with Crippen molar-refractivity contribution in [3.05, 3.63) is 38.7 Å². The summed E-state index contributed by atoms with van der Waals surface area (Å²) in [6, 6.07) is 6.79. The monoisotopic (exact) mass is 290 g/mol. The topological polar surface area (TPSA) is 24.9 Å². The van der Waals surface area contributed by atoms with E-state index in [1.807, 2.05) is 17.4 Å². The van der Waals surface area contributed by atoms with Crippen LogP contribution in [-0.2, 0) is 12.8 Å². The molecule has 0 radical (unpaired) electrons. The maximum absolute atomic E-state index is 6.05. The van der Waals surface area contributed by atoms with Gasteiger partial charge in [0.25, 0.3) is 0 Å². The summed E-state index contributed by atoms with van der Waals surface area (Å²) >= 11 is 7.93. The first-order valence-corrected chi connectivity index (χ1v) is 8.00. The smallest absolute Gasteiger partial charge is 0.0951 e. The molecule has 2 aliphatic rings. The molecule has 1 fully saturated rings. The molecule has 1 unspecified atom stereocenters. The first-order valence-electron chi connectivity index (χ1n) is 6.80. The van der Waals surface area contributed by atoms with Crippen molar-refractivity contribution in [2.75, 3.05) is 6.54 Å². The second-order valence-electron chi connectivity index (χ2n) is 5.36. The Bertz CT molecular complexity index is 629. The third kappa shape index (κ3) is 2.10. The predicted molar refractivity (Wildman–Crippen MR) is 80.1 cm³/mol. The molecule has 19 heavy (non-hydrogen) atoms. The van der Waals surface area contributed by atoms with Crippen LogP contribution in [0.1, 0.15) is 28.3 Å². The Balaban J connectivity index is 1.63. The number of thiazole rings is 1. The first-order chi connectivity index (χ1) is 9.29. The number of benzene rings is 1. The number of halogens is 1. The Hall–Kier alpha value is -0.900. The highest BCUT2D eigenvalue weighted by Gasteiger charge is 2.25. The summed E-state index contributed by atoms with van der Waals surface area (Å²) in [4.78, 5) is 6.27. The maximum atomic E-state index is 6.05. The second kappa shape index (κ2) is 4.58. The minimum absolute atomic E-state index is 0.635. The van der Waals surface area contributed by atoms with E-state index in [1.165, 1.54) is 39.5 Å². The van der Waals surface area contributed by atoms with Crippen LogP contribution in [0.15, 0.2) is 18.2 Å². The first kappa shape index (κ1) is 11.9. The van der Waals surface area contributed by atoms with Crippen LogP contribution in [0.2, 0.25) is 5.02 Å². The zero-order valence-electron chi connectivity index (χ0n) is 10.6. The Labute approximate surface area is 121 Å². The summed E-state index contributed by atoms with van der Waals surface area (Å²) in [5.74, 6) is 0. The number of nitrogens with zero attached hydrogens (tertiary/aromatic N) is 1. The van der Waals surface area contributed by atoms with E-state index in [9.17, 15) is 0 Å². The summed E-state index contributed by atoms with van der Waals surface area (Å²) in [5.41, 5.74) is 3.80. The van der Waals surface area contributed by atoms with Crippen molar-refractivity contribution in [1.29, 1.82) is 0 Å². The number of rotatable bonds is 2. The highest BCUT2D eigenvalue weighted by molar-refractivity contribution is 7.12. The molecule has 1 saturated heterocycles. The molecule has 0 saturated carbocycles. The molecular weight excluding hydrogens is 276 g/mol. The molecule has 0 bridgehead atoms. The number of nitrogens with one attached hydrogen (secondary N) is 1. The van der Waals surface area contributed by atoms with Crippen LogP contribution < -0.4 is 5.32 Å². The average molecular weight is 291 g/mol. The lowest BCUT2D eigenvalue weighted by molar-refractivity contribution is 0.601. The fraction of sp³-hybridized carbons (Fsp3) is 0.400. The van der Waals surface area contributed by atoms with E-state index < -0.39 is 0 Å². The summed E-state index contributed by atoms with van der Waals surface area (Å²) in [7, 11) is 0. The number of aromatic nitrogens is 1. The molecular formula is C15H15ClN2S.